The molecule has 0 unspecified atom stereocenters. The van der Waals surface area contributed by atoms with Gasteiger partial charge in [-0.2, -0.15) is 13.2 Å². The standard InChI is InChI=1S/C8H6F5NO/c1-3-6(8(11,12)13)5(15)2-4(14-3)7(9)10/h2,7H,1H3,(H,14,15). The number of nitrogens with one attached hydrogen (secondary N) is 1. The zero-order valence-electron chi connectivity index (χ0n) is 7.45. The zero-order valence-corrected chi connectivity index (χ0v) is 7.45. The SMILES string of the molecule is Cc1[nH]c(C(F)F)cc(=O)c1C(F)(F)F. The third-order valence-corrected chi connectivity index (χ3v) is 1.76. The predicted octanol–water partition coefficient (Wildman–Crippen LogP) is 2.64. The van der Waals surface area contributed by atoms with Gasteiger partial charge in [-0.3, -0.25) is 4.79 Å². The summed E-state index contributed by atoms with van der Waals surface area (Å²) in [7, 11) is 0. The van der Waals surface area contributed by atoms with Crippen LogP contribution in [0.5, 0.6) is 0 Å². The number of halogens is 5. The van der Waals surface area contributed by atoms with Crippen LogP contribution in [-0.4, -0.2) is 4.98 Å². The van der Waals surface area contributed by atoms with Gasteiger partial charge in [0, 0.05) is 11.8 Å². The molecule has 0 aliphatic carbocycles. The maximum atomic E-state index is 12.2. The Morgan fingerprint density at radius 3 is 2.20 bits per heavy atom. The maximum Gasteiger partial charge on any atom is 0.421 e. The summed E-state index contributed by atoms with van der Waals surface area (Å²) < 4.78 is 60.9. The van der Waals surface area contributed by atoms with E-state index in [1.165, 1.54) is 0 Å². The van der Waals surface area contributed by atoms with Crippen LogP contribution >= 0.6 is 0 Å². The van der Waals surface area contributed by atoms with Gasteiger partial charge in [-0.25, -0.2) is 8.78 Å². The Labute approximate surface area is 80.7 Å². The number of aromatic amines is 1. The quantitative estimate of drug-likeness (QED) is 0.735. The van der Waals surface area contributed by atoms with E-state index < -0.39 is 35.0 Å². The van der Waals surface area contributed by atoms with Crippen molar-refractivity contribution in [3.63, 3.8) is 0 Å². The Kier molecular flexibility index (Phi) is 2.83. The van der Waals surface area contributed by atoms with Crippen LogP contribution < -0.4 is 5.43 Å². The Morgan fingerprint density at radius 2 is 1.87 bits per heavy atom. The van der Waals surface area contributed by atoms with E-state index >= 15 is 0 Å². The molecule has 15 heavy (non-hydrogen) atoms. The summed E-state index contributed by atoms with van der Waals surface area (Å²) in [5.41, 5.74) is -4.31. The molecule has 0 amide bonds. The second-order valence-electron chi connectivity index (χ2n) is 2.89. The largest absolute Gasteiger partial charge is 0.421 e. The van der Waals surface area contributed by atoms with Gasteiger partial charge in [0.05, 0.1) is 5.69 Å². The molecule has 7 heteroatoms. The van der Waals surface area contributed by atoms with E-state index in [2.05, 4.69) is 0 Å². The van der Waals surface area contributed by atoms with E-state index in [-0.39, 0.29) is 6.07 Å². The molecule has 0 saturated heterocycles. The van der Waals surface area contributed by atoms with Gasteiger partial charge in [-0.1, -0.05) is 0 Å². The zero-order chi connectivity index (χ0) is 11.8. The fourth-order valence-corrected chi connectivity index (χ4v) is 1.18. The molecule has 0 atom stereocenters. The fraction of sp³-hybridized carbons (Fsp3) is 0.375. The first-order valence-electron chi connectivity index (χ1n) is 3.82. The molecule has 0 spiro atoms. The van der Waals surface area contributed by atoms with Crippen molar-refractivity contribution in [1.29, 1.82) is 0 Å². The van der Waals surface area contributed by atoms with Crippen molar-refractivity contribution < 1.29 is 22.0 Å². The highest BCUT2D eigenvalue weighted by molar-refractivity contribution is 5.25. The molecule has 2 nitrogen and oxygen atoms in total. The van der Waals surface area contributed by atoms with Crippen molar-refractivity contribution in [1.82, 2.24) is 4.98 Å². The van der Waals surface area contributed by atoms with Crippen LogP contribution in [0.4, 0.5) is 22.0 Å². The number of aromatic nitrogens is 1. The maximum absolute atomic E-state index is 12.2. The second kappa shape index (κ2) is 3.63. The van der Waals surface area contributed by atoms with Crippen LogP contribution in [-0.2, 0) is 6.18 Å². The molecule has 1 aromatic rings. The van der Waals surface area contributed by atoms with E-state index in [0.717, 1.165) is 6.92 Å². The monoisotopic (exact) mass is 227 g/mol. The molecule has 0 aromatic carbocycles. The Balaban J connectivity index is 3.42. The number of hydrogen-bond acceptors (Lipinski definition) is 1. The average molecular weight is 227 g/mol. The fourth-order valence-electron chi connectivity index (χ4n) is 1.18. The van der Waals surface area contributed by atoms with Crippen LogP contribution in [0, 0.1) is 6.92 Å². The lowest BCUT2D eigenvalue weighted by Gasteiger charge is -2.10. The van der Waals surface area contributed by atoms with Gasteiger partial charge in [-0.15, -0.1) is 0 Å². The average Bonchev–Trinajstić information content (AvgIpc) is 1.99. The predicted molar refractivity (Wildman–Crippen MR) is 41.8 cm³/mol. The molecule has 1 rings (SSSR count). The number of alkyl halides is 5. The molecule has 0 saturated carbocycles. The third-order valence-electron chi connectivity index (χ3n) is 1.76. The summed E-state index contributed by atoms with van der Waals surface area (Å²) in [6.45, 7) is 0.927. The first-order chi connectivity index (χ1) is 6.73. The molecule has 0 fully saturated rings. The van der Waals surface area contributed by atoms with Crippen molar-refractivity contribution in [3.05, 3.63) is 33.2 Å². The van der Waals surface area contributed by atoms with E-state index in [9.17, 15) is 26.7 Å². The van der Waals surface area contributed by atoms with Crippen molar-refractivity contribution in [2.45, 2.75) is 19.5 Å². The first kappa shape index (κ1) is 11.7. The van der Waals surface area contributed by atoms with Crippen molar-refractivity contribution in [2.24, 2.45) is 0 Å². The molecule has 1 heterocycles. The minimum Gasteiger partial charge on any atom is -0.357 e. The number of hydrogen-bond donors (Lipinski definition) is 1. The van der Waals surface area contributed by atoms with Crippen molar-refractivity contribution in [2.75, 3.05) is 0 Å². The van der Waals surface area contributed by atoms with Gasteiger partial charge in [-0.05, 0) is 6.92 Å². The molecular weight excluding hydrogens is 221 g/mol. The lowest BCUT2D eigenvalue weighted by molar-refractivity contribution is -0.139. The normalized spacial score (nSPS) is 12.2. The van der Waals surface area contributed by atoms with Gasteiger partial charge < -0.3 is 4.98 Å². The molecule has 0 radical (unpaired) electrons. The van der Waals surface area contributed by atoms with Crippen LogP contribution in [0.1, 0.15) is 23.4 Å². The highest BCUT2D eigenvalue weighted by Gasteiger charge is 2.36. The van der Waals surface area contributed by atoms with Gasteiger partial charge in [0.25, 0.3) is 6.43 Å². The number of H-pyrrole nitrogens is 1. The second-order valence-corrected chi connectivity index (χ2v) is 2.89. The number of rotatable bonds is 1. The van der Waals surface area contributed by atoms with Crippen molar-refractivity contribution in [3.8, 4) is 0 Å². The van der Waals surface area contributed by atoms with Gasteiger partial charge in [0.1, 0.15) is 5.56 Å². The molecule has 1 aromatic heterocycles. The lowest BCUT2D eigenvalue weighted by Crippen LogP contribution is -2.22. The van der Waals surface area contributed by atoms with E-state index in [4.69, 9.17) is 0 Å². The number of aryl methyl sites for hydroxylation is 1. The smallest absolute Gasteiger partial charge is 0.357 e. The Bertz CT molecular complexity index is 420. The van der Waals surface area contributed by atoms with Crippen LogP contribution in [0.3, 0.4) is 0 Å². The highest BCUT2D eigenvalue weighted by Crippen LogP contribution is 2.29. The summed E-state index contributed by atoms with van der Waals surface area (Å²) in [5.74, 6) is 0. The summed E-state index contributed by atoms with van der Waals surface area (Å²) in [6, 6.07) is 0.264. The van der Waals surface area contributed by atoms with Crippen LogP contribution in [0.25, 0.3) is 0 Å². The Hall–Kier alpha value is -1.40. The minimum absolute atomic E-state index is 0.264. The van der Waals surface area contributed by atoms with Gasteiger partial charge in [0.2, 0.25) is 0 Å². The molecular formula is C8H6F5NO. The van der Waals surface area contributed by atoms with Crippen molar-refractivity contribution >= 4 is 0 Å². The molecule has 1 N–H and O–H groups in total. The van der Waals surface area contributed by atoms with E-state index in [1.54, 1.807) is 0 Å². The molecule has 84 valence electrons. The molecule has 0 aliphatic rings. The Morgan fingerprint density at radius 1 is 1.33 bits per heavy atom. The summed E-state index contributed by atoms with van der Waals surface area (Å²) in [5, 5.41) is 0. The minimum atomic E-state index is -4.84. The summed E-state index contributed by atoms with van der Waals surface area (Å²) >= 11 is 0. The summed E-state index contributed by atoms with van der Waals surface area (Å²) in [6.07, 6.45) is -7.84. The van der Waals surface area contributed by atoms with Crippen LogP contribution in [0.2, 0.25) is 0 Å². The van der Waals surface area contributed by atoms with E-state index in [0.29, 0.717) is 0 Å². The topological polar surface area (TPSA) is 32.9 Å². The highest BCUT2D eigenvalue weighted by atomic mass is 19.4. The van der Waals surface area contributed by atoms with Gasteiger partial charge in [0.15, 0.2) is 5.43 Å². The van der Waals surface area contributed by atoms with Gasteiger partial charge >= 0.3 is 6.18 Å². The number of pyridine rings is 1. The van der Waals surface area contributed by atoms with E-state index in [1.807, 2.05) is 4.98 Å². The summed E-state index contributed by atoms with van der Waals surface area (Å²) in [4.78, 5) is 12.8. The lowest BCUT2D eigenvalue weighted by atomic mass is 10.1. The molecule has 0 aliphatic heterocycles. The third kappa shape index (κ3) is 2.34. The molecule has 0 bridgehead atoms. The van der Waals surface area contributed by atoms with Crippen LogP contribution in [0.15, 0.2) is 10.9 Å². The first-order valence-corrected chi connectivity index (χ1v) is 3.82.